The van der Waals surface area contributed by atoms with Crippen molar-refractivity contribution in [3.63, 3.8) is 0 Å². The second kappa shape index (κ2) is 5.65. The van der Waals surface area contributed by atoms with Crippen molar-refractivity contribution in [2.24, 2.45) is 11.7 Å². The standard InChI is InChI=1S/C13H28N4/c1-3-12-4-5-13(10-12,11-14)15-17-8-6-16(2)7-9-17/h12,15H,3-11,14H2,1-2H3. The van der Waals surface area contributed by atoms with Gasteiger partial charge in [-0.1, -0.05) is 13.3 Å². The maximum atomic E-state index is 6.03. The van der Waals surface area contributed by atoms with E-state index >= 15 is 0 Å². The third-order valence-electron chi connectivity index (χ3n) is 4.58. The van der Waals surface area contributed by atoms with Gasteiger partial charge in [0.25, 0.3) is 0 Å². The Morgan fingerprint density at radius 2 is 2.00 bits per heavy atom. The molecule has 0 amide bonds. The van der Waals surface area contributed by atoms with Crippen molar-refractivity contribution in [2.45, 2.75) is 38.1 Å². The summed E-state index contributed by atoms with van der Waals surface area (Å²) < 4.78 is 0. The van der Waals surface area contributed by atoms with Gasteiger partial charge >= 0.3 is 0 Å². The number of piperazine rings is 1. The maximum absolute atomic E-state index is 6.03. The van der Waals surface area contributed by atoms with Crippen LogP contribution < -0.4 is 11.2 Å². The van der Waals surface area contributed by atoms with E-state index in [2.05, 4.69) is 29.3 Å². The smallest absolute Gasteiger partial charge is 0.0450 e. The highest BCUT2D eigenvalue weighted by atomic mass is 15.5. The second-order valence-electron chi connectivity index (χ2n) is 5.90. The molecule has 1 heterocycles. The van der Waals surface area contributed by atoms with Crippen LogP contribution in [0.5, 0.6) is 0 Å². The predicted molar refractivity (Wildman–Crippen MR) is 71.6 cm³/mol. The number of hydrogen-bond acceptors (Lipinski definition) is 4. The van der Waals surface area contributed by atoms with Crippen LogP contribution in [0.1, 0.15) is 32.6 Å². The summed E-state index contributed by atoms with van der Waals surface area (Å²) in [7, 11) is 2.19. The number of hydrazine groups is 1. The molecule has 1 aliphatic carbocycles. The summed E-state index contributed by atoms with van der Waals surface area (Å²) >= 11 is 0. The normalized spacial score (nSPS) is 36.5. The van der Waals surface area contributed by atoms with Crippen LogP contribution in [0.4, 0.5) is 0 Å². The van der Waals surface area contributed by atoms with Gasteiger partial charge in [0.05, 0.1) is 0 Å². The van der Waals surface area contributed by atoms with Gasteiger partial charge in [0.2, 0.25) is 0 Å². The van der Waals surface area contributed by atoms with Gasteiger partial charge in [0.15, 0.2) is 0 Å². The topological polar surface area (TPSA) is 44.5 Å². The van der Waals surface area contributed by atoms with E-state index in [9.17, 15) is 0 Å². The lowest BCUT2D eigenvalue weighted by Crippen LogP contribution is -2.61. The predicted octanol–water partition coefficient (Wildman–Crippen LogP) is 0.646. The molecule has 2 fully saturated rings. The summed E-state index contributed by atoms with van der Waals surface area (Å²) in [5.74, 6) is 0.874. The summed E-state index contributed by atoms with van der Waals surface area (Å²) in [5.41, 5.74) is 9.97. The van der Waals surface area contributed by atoms with Crippen molar-refractivity contribution in [2.75, 3.05) is 39.8 Å². The first-order chi connectivity index (χ1) is 8.17. The van der Waals surface area contributed by atoms with Crippen LogP contribution in [0.15, 0.2) is 0 Å². The highest BCUT2D eigenvalue weighted by Gasteiger charge is 2.38. The summed E-state index contributed by atoms with van der Waals surface area (Å²) in [4.78, 5) is 2.39. The van der Waals surface area contributed by atoms with Crippen LogP contribution in [0.3, 0.4) is 0 Å². The zero-order valence-corrected chi connectivity index (χ0v) is 11.4. The van der Waals surface area contributed by atoms with Gasteiger partial charge in [-0.15, -0.1) is 0 Å². The Kier molecular flexibility index (Phi) is 4.42. The molecule has 0 aromatic carbocycles. The van der Waals surface area contributed by atoms with Crippen LogP contribution in [0.2, 0.25) is 0 Å². The molecule has 3 N–H and O–H groups in total. The number of nitrogens with two attached hydrogens (primary N) is 1. The average molecular weight is 240 g/mol. The van der Waals surface area contributed by atoms with E-state index in [0.717, 1.165) is 38.6 Å². The van der Waals surface area contributed by atoms with Crippen molar-refractivity contribution in [3.8, 4) is 0 Å². The lowest BCUT2D eigenvalue weighted by molar-refractivity contribution is 0.0551. The van der Waals surface area contributed by atoms with E-state index in [4.69, 9.17) is 5.73 Å². The van der Waals surface area contributed by atoms with Crippen molar-refractivity contribution in [3.05, 3.63) is 0 Å². The molecule has 2 atom stereocenters. The number of rotatable bonds is 4. The minimum Gasteiger partial charge on any atom is -0.329 e. The first kappa shape index (κ1) is 13.3. The zero-order chi connectivity index (χ0) is 12.3. The molecule has 2 rings (SSSR count). The van der Waals surface area contributed by atoms with Crippen LogP contribution in [-0.2, 0) is 0 Å². The molecule has 0 aromatic heterocycles. The SMILES string of the molecule is CCC1CCC(CN)(NN2CCN(C)CC2)C1. The van der Waals surface area contributed by atoms with Crippen LogP contribution in [0.25, 0.3) is 0 Å². The largest absolute Gasteiger partial charge is 0.329 e. The van der Waals surface area contributed by atoms with Gasteiger partial charge < -0.3 is 10.6 Å². The van der Waals surface area contributed by atoms with Crippen LogP contribution >= 0.6 is 0 Å². The number of likely N-dealkylation sites (N-methyl/N-ethyl adjacent to an activating group) is 1. The van der Waals surface area contributed by atoms with E-state index in [1.165, 1.54) is 25.7 Å². The minimum atomic E-state index is 0.191. The van der Waals surface area contributed by atoms with Crippen molar-refractivity contribution in [1.82, 2.24) is 15.3 Å². The van der Waals surface area contributed by atoms with Gasteiger partial charge in [-0.05, 0) is 32.2 Å². The number of hydrogen-bond donors (Lipinski definition) is 2. The molecule has 0 aromatic rings. The Balaban J connectivity index is 1.87. The van der Waals surface area contributed by atoms with E-state index in [-0.39, 0.29) is 5.54 Å². The first-order valence-electron chi connectivity index (χ1n) is 7.09. The number of nitrogens with one attached hydrogen (secondary N) is 1. The third kappa shape index (κ3) is 3.19. The monoisotopic (exact) mass is 240 g/mol. The Hall–Kier alpha value is -0.160. The molecule has 1 saturated carbocycles. The lowest BCUT2D eigenvalue weighted by atomic mass is 9.96. The summed E-state index contributed by atoms with van der Waals surface area (Å²) in [6.45, 7) is 7.63. The highest BCUT2D eigenvalue weighted by molar-refractivity contribution is 4.96. The van der Waals surface area contributed by atoms with Gasteiger partial charge in [0.1, 0.15) is 0 Å². The fourth-order valence-electron chi connectivity index (χ4n) is 3.17. The molecule has 2 unspecified atom stereocenters. The molecular formula is C13H28N4. The zero-order valence-electron chi connectivity index (χ0n) is 11.4. The molecule has 0 spiro atoms. The van der Waals surface area contributed by atoms with Gasteiger partial charge in [-0.2, -0.15) is 0 Å². The molecule has 0 radical (unpaired) electrons. The lowest BCUT2D eigenvalue weighted by Gasteiger charge is -2.40. The van der Waals surface area contributed by atoms with Crippen molar-refractivity contribution in [1.29, 1.82) is 0 Å². The Bertz CT molecular complexity index is 238. The average Bonchev–Trinajstić information content (AvgIpc) is 2.76. The van der Waals surface area contributed by atoms with E-state index in [1.54, 1.807) is 0 Å². The Morgan fingerprint density at radius 1 is 1.29 bits per heavy atom. The Morgan fingerprint density at radius 3 is 2.53 bits per heavy atom. The molecule has 1 aliphatic heterocycles. The fourth-order valence-corrected chi connectivity index (χ4v) is 3.17. The van der Waals surface area contributed by atoms with Crippen molar-refractivity contribution >= 4 is 0 Å². The van der Waals surface area contributed by atoms with Crippen LogP contribution in [0, 0.1) is 5.92 Å². The molecule has 17 heavy (non-hydrogen) atoms. The Labute approximate surface area is 105 Å². The quantitative estimate of drug-likeness (QED) is 0.757. The number of nitrogens with zero attached hydrogens (tertiary/aromatic N) is 2. The molecular weight excluding hydrogens is 212 g/mol. The molecule has 4 nitrogen and oxygen atoms in total. The molecule has 100 valence electrons. The van der Waals surface area contributed by atoms with Crippen LogP contribution in [-0.4, -0.2) is 55.2 Å². The fraction of sp³-hybridized carbons (Fsp3) is 1.00. The van der Waals surface area contributed by atoms with Gasteiger partial charge in [0, 0.05) is 38.3 Å². The summed E-state index contributed by atoms with van der Waals surface area (Å²) in [6.07, 6.45) is 5.14. The third-order valence-corrected chi connectivity index (χ3v) is 4.58. The summed E-state index contributed by atoms with van der Waals surface area (Å²) in [5, 5.41) is 2.39. The van der Waals surface area contributed by atoms with E-state index in [0.29, 0.717) is 0 Å². The minimum absolute atomic E-state index is 0.191. The second-order valence-corrected chi connectivity index (χ2v) is 5.90. The van der Waals surface area contributed by atoms with E-state index < -0.39 is 0 Å². The molecule has 4 heteroatoms. The van der Waals surface area contributed by atoms with E-state index in [1.807, 2.05) is 0 Å². The molecule has 1 saturated heterocycles. The molecule has 0 bridgehead atoms. The maximum Gasteiger partial charge on any atom is 0.0450 e. The van der Waals surface area contributed by atoms with Gasteiger partial charge in [-0.25, -0.2) is 10.4 Å². The van der Waals surface area contributed by atoms with Crippen molar-refractivity contribution < 1.29 is 0 Å². The highest BCUT2D eigenvalue weighted by Crippen LogP contribution is 2.35. The summed E-state index contributed by atoms with van der Waals surface area (Å²) in [6, 6.07) is 0. The van der Waals surface area contributed by atoms with Gasteiger partial charge in [-0.3, -0.25) is 0 Å². The molecule has 2 aliphatic rings. The first-order valence-corrected chi connectivity index (χ1v) is 7.09.